The quantitative estimate of drug-likeness (QED) is 0.377. The van der Waals surface area contributed by atoms with E-state index in [2.05, 4.69) is 14.5 Å². The van der Waals surface area contributed by atoms with Crippen LogP contribution in [0.15, 0.2) is 24.3 Å². The van der Waals surface area contributed by atoms with Gasteiger partial charge in [0.25, 0.3) is 0 Å². The maximum absolute atomic E-state index is 12.4. The highest BCUT2D eigenvalue weighted by Crippen LogP contribution is 2.34. The second-order valence-corrected chi connectivity index (χ2v) is 4.84. The van der Waals surface area contributed by atoms with Crippen molar-refractivity contribution < 1.29 is 33.4 Å². The number of esters is 3. The summed E-state index contributed by atoms with van der Waals surface area (Å²) in [7, 11) is 2.04. The van der Waals surface area contributed by atoms with Crippen LogP contribution in [0.3, 0.4) is 0 Å². The fourth-order valence-corrected chi connectivity index (χ4v) is 2.49. The first-order valence-corrected chi connectivity index (χ1v) is 6.85. The molecule has 0 aliphatic carbocycles. The van der Waals surface area contributed by atoms with E-state index >= 15 is 0 Å². The predicted octanol–water partition coefficient (Wildman–Crippen LogP) is 1.08. The first-order chi connectivity index (χ1) is 11.4. The fraction of sp³-hybridized carbons (Fsp3) is 0.250. The zero-order valence-electron chi connectivity index (χ0n) is 13.2. The van der Waals surface area contributed by atoms with E-state index in [-0.39, 0.29) is 11.3 Å². The average molecular weight is 333 g/mol. The molecule has 0 aliphatic rings. The molecule has 0 atom stereocenters. The molecule has 0 unspecified atom stereocenters. The number of carbonyl (C=O) groups is 4. The van der Waals surface area contributed by atoms with Gasteiger partial charge in [0.05, 0.1) is 19.9 Å². The van der Waals surface area contributed by atoms with Gasteiger partial charge in [-0.15, -0.1) is 0 Å². The van der Waals surface area contributed by atoms with Crippen LogP contribution in [0, 0.1) is 0 Å². The van der Waals surface area contributed by atoms with Gasteiger partial charge in [-0.1, -0.05) is 18.2 Å². The predicted molar refractivity (Wildman–Crippen MR) is 81.2 cm³/mol. The van der Waals surface area contributed by atoms with Crippen molar-refractivity contribution >= 4 is 35.1 Å². The number of para-hydroxylation sites is 1. The van der Waals surface area contributed by atoms with Crippen LogP contribution in [0.25, 0.3) is 10.9 Å². The smallest absolute Gasteiger partial charge is 0.368 e. The Morgan fingerprint density at radius 2 is 1.67 bits per heavy atom. The third kappa shape index (κ3) is 2.51. The molecule has 2 aromatic rings. The molecule has 0 saturated carbocycles. The minimum Gasteiger partial charge on any atom is -0.465 e. The number of nitrogens with one attached hydrogen (secondary N) is 1. The number of carbonyl (C=O) groups excluding carboxylic acids is 4. The van der Waals surface area contributed by atoms with Gasteiger partial charge in [-0.25, -0.2) is 9.59 Å². The summed E-state index contributed by atoms with van der Waals surface area (Å²) in [5.41, 5.74) is -2.33. The number of aldehydes is 1. The van der Waals surface area contributed by atoms with E-state index in [1.807, 2.05) is 0 Å². The lowest BCUT2D eigenvalue weighted by Gasteiger charge is -2.27. The third-order valence-corrected chi connectivity index (χ3v) is 3.46. The van der Waals surface area contributed by atoms with Crippen LogP contribution in [0.4, 0.5) is 0 Å². The van der Waals surface area contributed by atoms with Crippen molar-refractivity contribution in [1.82, 2.24) is 4.98 Å². The number of ether oxygens (including phenoxy) is 3. The van der Waals surface area contributed by atoms with Crippen LogP contribution >= 0.6 is 0 Å². The molecule has 0 radical (unpaired) electrons. The molecule has 0 spiro atoms. The Hall–Kier alpha value is -3.16. The highest BCUT2D eigenvalue weighted by molar-refractivity contribution is 6.10. The lowest BCUT2D eigenvalue weighted by Crippen LogP contribution is -2.49. The van der Waals surface area contributed by atoms with Gasteiger partial charge in [-0.2, -0.15) is 0 Å². The van der Waals surface area contributed by atoms with E-state index in [0.717, 1.165) is 21.1 Å². The number of H-pyrrole nitrogens is 1. The summed E-state index contributed by atoms with van der Waals surface area (Å²) in [6.07, 6.45) is 0.457. The number of rotatable bonds is 5. The molecular formula is C16H15NO7. The molecule has 0 bridgehead atoms. The summed E-state index contributed by atoms with van der Waals surface area (Å²) in [5.74, 6) is -3.32. The fourth-order valence-electron chi connectivity index (χ4n) is 2.49. The van der Waals surface area contributed by atoms with Gasteiger partial charge in [0.2, 0.25) is 0 Å². The Morgan fingerprint density at radius 1 is 1.08 bits per heavy atom. The Morgan fingerprint density at radius 3 is 2.17 bits per heavy atom. The minimum absolute atomic E-state index is 0.0114. The molecule has 1 heterocycles. The van der Waals surface area contributed by atoms with Crippen molar-refractivity contribution in [2.75, 3.05) is 14.2 Å². The molecule has 0 amide bonds. The molecule has 126 valence electrons. The van der Waals surface area contributed by atoms with E-state index in [0.29, 0.717) is 17.2 Å². The lowest BCUT2D eigenvalue weighted by atomic mass is 9.95. The summed E-state index contributed by atoms with van der Waals surface area (Å²) >= 11 is 0. The molecule has 1 N–H and O–H groups in total. The molecule has 0 aliphatic heterocycles. The van der Waals surface area contributed by atoms with Gasteiger partial charge in [0, 0.05) is 23.4 Å². The average Bonchev–Trinajstić information content (AvgIpc) is 2.96. The van der Waals surface area contributed by atoms with Crippen molar-refractivity contribution in [3.05, 3.63) is 35.5 Å². The third-order valence-electron chi connectivity index (χ3n) is 3.46. The van der Waals surface area contributed by atoms with Crippen molar-refractivity contribution in [2.45, 2.75) is 12.5 Å². The van der Waals surface area contributed by atoms with E-state index in [1.165, 1.54) is 0 Å². The maximum Gasteiger partial charge on any atom is 0.368 e. The topological polar surface area (TPSA) is 112 Å². The first kappa shape index (κ1) is 17.2. The first-order valence-electron chi connectivity index (χ1n) is 6.85. The molecule has 1 aromatic heterocycles. The monoisotopic (exact) mass is 333 g/mol. The van der Waals surface area contributed by atoms with Crippen LogP contribution in [0.1, 0.15) is 23.0 Å². The van der Waals surface area contributed by atoms with Gasteiger partial charge in [0.1, 0.15) is 0 Å². The van der Waals surface area contributed by atoms with Crippen molar-refractivity contribution in [1.29, 1.82) is 0 Å². The van der Waals surface area contributed by atoms with Crippen LogP contribution in [0.2, 0.25) is 0 Å². The molecular weight excluding hydrogens is 318 g/mol. The standard InChI is InChI=1S/C16H15NO7/c1-9(19)24-16(14(20)22-2,15(21)23-3)13-11(8-18)10-6-4-5-7-12(10)17-13/h4-8,17H,1-3H3. The summed E-state index contributed by atoms with van der Waals surface area (Å²) in [6.45, 7) is 1.02. The Labute approximate surface area is 136 Å². The minimum atomic E-state index is -2.56. The number of fused-ring (bicyclic) bond motifs is 1. The SMILES string of the molecule is COC(=O)C(OC(C)=O)(C(=O)OC)c1[nH]c2ccccc2c1C=O. The van der Waals surface area contributed by atoms with Gasteiger partial charge < -0.3 is 19.2 Å². The van der Waals surface area contributed by atoms with E-state index < -0.39 is 23.5 Å². The van der Waals surface area contributed by atoms with Crippen molar-refractivity contribution in [3.8, 4) is 0 Å². The normalized spacial score (nSPS) is 11.0. The van der Waals surface area contributed by atoms with E-state index in [9.17, 15) is 19.2 Å². The van der Waals surface area contributed by atoms with E-state index in [1.54, 1.807) is 24.3 Å². The zero-order chi connectivity index (χ0) is 17.9. The number of benzene rings is 1. The number of aromatic amines is 1. The van der Waals surface area contributed by atoms with Crippen LogP contribution in [-0.4, -0.2) is 43.4 Å². The van der Waals surface area contributed by atoms with Crippen molar-refractivity contribution in [3.63, 3.8) is 0 Å². The largest absolute Gasteiger partial charge is 0.465 e. The summed E-state index contributed by atoms with van der Waals surface area (Å²) in [5, 5.41) is 0.451. The number of aromatic nitrogens is 1. The molecule has 0 fully saturated rings. The molecule has 1 aromatic carbocycles. The number of hydrogen-bond donors (Lipinski definition) is 1. The Kier molecular flexibility index (Phi) is 4.68. The van der Waals surface area contributed by atoms with Gasteiger partial charge >= 0.3 is 23.5 Å². The van der Waals surface area contributed by atoms with Crippen LogP contribution in [-0.2, 0) is 34.2 Å². The number of methoxy groups -OCH3 is 2. The zero-order valence-corrected chi connectivity index (χ0v) is 13.2. The molecule has 24 heavy (non-hydrogen) atoms. The Bertz CT molecular complexity index is 805. The van der Waals surface area contributed by atoms with Gasteiger partial charge in [-0.05, 0) is 6.07 Å². The summed E-state index contributed by atoms with van der Waals surface area (Å²) in [4.78, 5) is 50.7. The highest BCUT2D eigenvalue weighted by Gasteiger charge is 2.56. The van der Waals surface area contributed by atoms with E-state index in [4.69, 9.17) is 4.74 Å². The molecule has 8 nitrogen and oxygen atoms in total. The lowest BCUT2D eigenvalue weighted by molar-refractivity contribution is -0.195. The van der Waals surface area contributed by atoms with Crippen LogP contribution in [0.5, 0.6) is 0 Å². The van der Waals surface area contributed by atoms with Crippen LogP contribution < -0.4 is 0 Å². The van der Waals surface area contributed by atoms with Crippen molar-refractivity contribution in [2.24, 2.45) is 0 Å². The summed E-state index contributed by atoms with van der Waals surface area (Å²) < 4.78 is 14.3. The molecule has 8 heteroatoms. The van der Waals surface area contributed by atoms with Gasteiger partial charge in [0.15, 0.2) is 6.29 Å². The Balaban J connectivity index is 2.89. The molecule has 0 saturated heterocycles. The maximum atomic E-state index is 12.4. The van der Waals surface area contributed by atoms with Gasteiger partial charge in [-0.3, -0.25) is 9.59 Å². The highest BCUT2D eigenvalue weighted by atomic mass is 16.6. The second kappa shape index (κ2) is 6.53. The number of hydrogen-bond acceptors (Lipinski definition) is 7. The second-order valence-electron chi connectivity index (χ2n) is 4.84. The molecule has 2 rings (SSSR count). The summed E-state index contributed by atoms with van der Waals surface area (Å²) in [6, 6.07) is 6.63.